The number of rotatable bonds is 4. The van der Waals surface area contributed by atoms with Gasteiger partial charge in [0.25, 0.3) is 0 Å². The zero-order chi connectivity index (χ0) is 12.3. The molecule has 2 aromatic rings. The van der Waals surface area contributed by atoms with Gasteiger partial charge in [-0.3, -0.25) is 4.79 Å². The average Bonchev–Trinajstić information content (AvgIpc) is 2.67. The number of Topliss-reactive ketones (excluding diaryl/α,β-unsaturated/α-hetero) is 1. The maximum Gasteiger partial charge on any atom is 0.180 e. The first-order valence-electron chi connectivity index (χ1n) is 5.06. The van der Waals surface area contributed by atoms with Gasteiger partial charge >= 0.3 is 0 Å². The first-order chi connectivity index (χ1) is 8.15. The second-order valence-electron chi connectivity index (χ2n) is 3.62. The molecule has 17 heavy (non-hydrogen) atoms. The smallest absolute Gasteiger partial charge is 0.180 e. The summed E-state index contributed by atoms with van der Waals surface area (Å²) < 4.78 is 0. The van der Waals surface area contributed by atoms with E-state index in [4.69, 9.17) is 11.5 Å². The number of nitrogen functional groups attached to an aromatic ring is 2. The van der Waals surface area contributed by atoms with Crippen molar-refractivity contribution in [2.45, 2.75) is 12.8 Å². The summed E-state index contributed by atoms with van der Waals surface area (Å²) >= 11 is 1.33. The minimum Gasteiger partial charge on any atom is -0.383 e. The third-order valence-corrected chi connectivity index (χ3v) is 2.98. The molecule has 2 rings (SSSR count). The van der Waals surface area contributed by atoms with Crippen LogP contribution in [-0.2, 0) is 17.6 Å². The SMILES string of the molecule is Nc1nc(CC(=O)Cc2cccnc2N)cs1. The summed E-state index contributed by atoms with van der Waals surface area (Å²) in [5, 5.41) is 2.27. The Morgan fingerprint density at radius 2 is 2.18 bits per heavy atom. The van der Waals surface area contributed by atoms with Crippen molar-refractivity contribution in [3.05, 3.63) is 35.0 Å². The summed E-state index contributed by atoms with van der Waals surface area (Å²) in [7, 11) is 0. The Labute approximate surface area is 103 Å². The first-order valence-corrected chi connectivity index (χ1v) is 5.94. The van der Waals surface area contributed by atoms with E-state index in [9.17, 15) is 4.79 Å². The van der Waals surface area contributed by atoms with E-state index in [-0.39, 0.29) is 18.6 Å². The Bertz CT molecular complexity index is 538. The molecule has 0 atom stereocenters. The predicted octanol–water partition coefficient (Wildman–Crippen LogP) is 1.06. The summed E-state index contributed by atoms with van der Waals surface area (Å²) in [6.45, 7) is 0. The van der Waals surface area contributed by atoms with Crippen LogP contribution >= 0.6 is 11.3 Å². The number of nitrogens with two attached hydrogens (primary N) is 2. The Hall–Kier alpha value is -1.95. The number of aromatic nitrogens is 2. The number of ketones is 1. The zero-order valence-electron chi connectivity index (χ0n) is 9.09. The van der Waals surface area contributed by atoms with Gasteiger partial charge < -0.3 is 11.5 Å². The lowest BCUT2D eigenvalue weighted by molar-refractivity contribution is -0.117. The number of carbonyl (C=O) groups is 1. The molecule has 0 spiro atoms. The van der Waals surface area contributed by atoms with Gasteiger partial charge in [-0.2, -0.15) is 0 Å². The van der Waals surface area contributed by atoms with Crippen LogP contribution < -0.4 is 11.5 Å². The third kappa shape index (κ3) is 3.01. The number of hydrogen-bond donors (Lipinski definition) is 2. The Morgan fingerprint density at radius 1 is 1.35 bits per heavy atom. The quantitative estimate of drug-likeness (QED) is 0.843. The Balaban J connectivity index is 2.01. The molecule has 2 aromatic heterocycles. The van der Waals surface area contributed by atoms with Crippen molar-refractivity contribution in [2.75, 3.05) is 11.5 Å². The highest BCUT2D eigenvalue weighted by atomic mass is 32.1. The summed E-state index contributed by atoms with van der Waals surface area (Å²) in [5.41, 5.74) is 12.6. The Morgan fingerprint density at radius 3 is 2.82 bits per heavy atom. The zero-order valence-corrected chi connectivity index (χ0v) is 9.91. The molecule has 0 radical (unpaired) electrons. The predicted molar refractivity (Wildman–Crippen MR) is 67.6 cm³/mol. The van der Waals surface area contributed by atoms with E-state index < -0.39 is 0 Å². The van der Waals surface area contributed by atoms with Crippen molar-refractivity contribution in [1.29, 1.82) is 0 Å². The van der Waals surface area contributed by atoms with Crippen molar-refractivity contribution < 1.29 is 4.79 Å². The highest BCUT2D eigenvalue weighted by molar-refractivity contribution is 7.13. The molecule has 0 unspecified atom stereocenters. The van der Waals surface area contributed by atoms with E-state index in [1.807, 2.05) is 0 Å². The third-order valence-electron chi connectivity index (χ3n) is 2.26. The minimum absolute atomic E-state index is 0.0509. The van der Waals surface area contributed by atoms with Gasteiger partial charge in [0, 0.05) is 30.0 Å². The number of carbonyl (C=O) groups excluding carboxylic acids is 1. The van der Waals surface area contributed by atoms with Crippen molar-refractivity contribution in [2.24, 2.45) is 0 Å². The molecule has 0 fully saturated rings. The molecule has 0 aromatic carbocycles. The van der Waals surface area contributed by atoms with Crippen molar-refractivity contribution in [1.82, 2.24) is 9.97 Å². The van der Waals surface area contributed by atoms with Crippen LogP contribution in [0.25, 0.3) is 0 Å². The Kier molecular flexibility index (Phi) is 3.34. The van der Waals surface area contributed by atoms with Crippen LogP contribution in [0.5, 0.6) is 0 Å². The van der Waals surface area contributed by atoms with Gasteiger partial charge in [0.1, 0.15) is 11.6 Å². The standard InChI is InChI=1S/C11H12N4OS/c12-10-7(2-1-3-14-10)4-9(16)5-8-6-17-11(13)15-8/h1-3,6H,4-5H2,(H2,12,14)(H2,13,15). The van der Waals surface area contributed by atoms with E-state index >= 15 is 0 Å². The van der Waals surface area contributed by atoms with Crippen LogP contribution in [0.1, 0.15) is 11.3 Å². The molecule has 0 aliphatic heterocycles. The minimum atomic E-state index is 0.0509. The molecule has 2 heterocycles. The molecule has 0 saturated carbocycles. The van der Waals surface area contributed by atoms with Gasteiger partial charge in [-0.05, 0) is 6.07 Å². The van der Waals surface area contributed by atoms with Crippen molar-refractivity contribution in [3.63, 3.8) is 0 Å². The molecule has 0 aliphatic rings. The van der Waals surface area contributed by atoms with Gasteiger partial charge in [0.15, 0.2) is 5.13 Å². The van der Waals surface area contributed by atoms with E-state index in [0.717, 1.165) is 5.56 Å². The van der Waals surface area contributed by atoms with E-state index in [2.05, 4.69) is 9.97 Å². The lowest BCUT2D eigenvalue weighted by Crippen LogP contribution is -2.09. The molecule has 0 bridgehead atoms. The van der Waals surface area contributed by atoms with Crippen LogP contribution in [0, 0.1) is 0 Å². The van der Waals surface area contributed by atoms with E-state index in [1.165, 1.54) is 11.3 Å². The van der Waals surface area contributed by atoms with Gasteiger partial charge in [0.05, 0.1) is 5.69 Å². The van der Waals surface area contributed by atoms with Gasteiger partial charge in [0.2, 0.25) is 0 Å². The second-order valence-corrected chi connectivity index (χ2v) is 4.51. The largest absolute Gasteiger partial charge is 0.383 e. The fraction of sp³-hybridized carbons (Fsp3) is 0.182. The van der Waals surface area contributed by atoms with Gasteiger partial charge in [-0.1, -0.05) is 6.07 Å². The number of thiazole rings is 1. The number of hydrogen-bond acceptors (Lipinski definition) is 6. The monoisotopic (exact) mass is 248 g/mol. The van der Waals surface area contributed by atoms with Crippen molar-refractivity contribution in [3.8, 4) is 0 Å². The second kappa shape index (κ2) is 4.92. The molecule has 4 N–H and O–H groups in total. The molecule has 5 nitrogen and oxygen atoms in total. The van der Waals surface area contributed by atoms with E-state index in [1.54, 1.807) is 23.7 Å². The molecule has 6 heteroatoms. The lowest BCUT2D eigenvalue weighted by Gasteiger charge is -2.02. The summed E-state index contributed by atoms with van der Waals surface area (Å²) in [6, 6.07) is 3.56. The van der Waals surface area contributed by atoms with Gasteiger partial charge in [-0.15, -0.1) is 11.3 Å². The summed E-state index contributed by atoms with van der Waals surface area (Å²) in [5.74, 6) is 0.452. The number of anilines is 2. The molecule has 0 aliphatic carbocycles. The summed E-state index contributed by atoms with van der Waals surface area (Å²) in [4.78, 5) is 19.8. The molecule has 0 amide bonds. The average molecular weight is 248 g/mol. The molecule has 88 valence electrons. The van der Waals surface area contributed by atoms with E-state index in [0.29, 0.717) is 16.6 Å². The summed E-state index contributed by atoms with van der Waals surface area (Å²) in [6.07, 6.45) is 2.16. The highest BCUT2D eigenvalue weighted by Gasteiger charge is 2.09. The number of nitrogens with zero attached hydrogens (tertiary/aromatic N) is 2. The van der Waals surface area contributed by atoms with Crippen LogP contribution in [0.3, 0.4) is 0 Å². The first kappa shape index (κ1) is 11.5. The van der Waals surface area contributed by atoms with Crippen LogP contribution in [0.2, 0.25) is 0 Å². The molecular formula is C11H12N4OS. The normalized spacial score (nSPS) is 10.4. The molecule has 0 saturated heterocycles. The van der Waals surface area contributed by atoms with Crippen LogP contribution in [0.4, 0.5) is 10.9 Å². The fourth-order valence-electron chi connectivity index (χ4n) is 1.48. The maximum atomic E-state index is 11.8. The van der Waals surface area contributed by atoms with Crippen LogP contribution in [0.15, 0.2) is 23.7 Å². The maximum absolute atomic E-state index is 11.8. The highest BCUT2D eigenvalue weighted by Crippen LogP contribution is 2.14. The number of pyridine rings is 1. The van der Waals surface area contributed by atoms with Crippen LogP contribution in [-0.4, -0.2) is 15.8 Å². The lowest BCUT2D eigenvalue weighted by atomic mass is 10.1. The molecular weight excluding hydrogens is 236 g/mol. The van der Waals surface area contributed by atoms with Crippen molar-refractivity contribution >= 4 is 28.1 Å². The topological polar surface area (TPSA) is 94.9 Å². The van der Waals surface area contributed by atoms with Gasteiger partial charge in [-0.25, -0.2) is 9.97 Å². The fourth-order valence-corrected chi connectivity index (χ4v) is 2.04.